The number of pyridine rings is 1. The van der Waals surface area contributed by atoms with E-state index in [9.17, 15) is 18.8 Å². The van der Waals surface area contributed by atoms with Crippen molar-refractivity contribution in [1.82, 2.24) is 19.6 Å². The summed E-state index contributed by atoms with van der Waals surface area (Å²) in [6, 6.07) is 10.4. The van der Waals surface area contributed by atoms with Crippen LogP contribution in [0.15, 0.2) is 59.7 Å². The fourth-order valence-corrected chi connectivity index (χ4v) is 3.74. The molecule has 1 saturated heterocycles. The Bertz CT molecular complexity index is 1180. The molecule has 8 nitrogen and oxygen atoms in total. The molecule has 0 radical (unpaired) electrons. The lowest BCUT2D eigenvalue weighted by Crippen LogP contribution is -2.45. The highest BCUT2D eigenvalue weighted by molar-refractivity contribution is 5.94. The number of nitrogens with zero attached hydrogens (tertiary/aromatic N) is 3. The first-order valence-electron chi connectivity index (χ1n) is 10.1. The minimum atomic E-state index is -0.439. The van der Waals surface area contributed by atoms with Crippen LogP contribution in [0.2, 0.25) is 0 Å². The van der Waals surface area contributed by atoms with Crippen molar-refractivity contribution in [1.29, 1.82) is 0 Å². The van der Waals surface area contributed by atoms with Crippen LogP contribution < -0.4 is 16.2 Å². The standard InChI is InChI=1S/C22H22FN5O3/c23-16-6-3-7-17(11-16)26-22(31)25-12-15-5-4-9-27(14-15)20(29)18-13-24-19-8-1-2-10-28(19)21(18)30/h1-3,6-8,10-11,13,15H,4-5,9,12,14H2,(H2,25,26,31). The van der Waals surface area contributed by atoms with Gasteiger partial charge >= 0.3 is 6.03 Å². The quantitative estimate of drug-likeness (QED) is 0.674. The normalized spacial score (nSPS) is 16.2. The summed E-state index contributed by atoms with van der Waals surface area (Å²) in [5, 5.41) is 5.35. The molecule has 0 saturated carbocycles. The number of rotatable bonds is 4. The molecule has 0 spiro atoms. The zero-order valence-electron chi connectivity index (χ0n) is 16.8. The van der Waals surface area contributed by atoms with Gasteiger partial charge in [-0.1, -0.05) is 12.1 Å². The highest BCUT2D eigenvalue weighted by atomic mass is 19.1. The van der Waals surface area contributed by atoms with Crippen LogP contribution in [0.3, 0.4) is 0 Å². The first-order chi connectivity index (χ1) is 15.0. The van der Waals surface area contributed by atoms with Crippen LogP contribution in [-0.4, -0.2) is 45.9 Å². The summed E-state index contributed by atoms with van der Waals surface area (Å²) < 4.78 is 14.6. The maximum Gasteiger partial charge on any atom is 0.319 e. The van der Waals surface area contributed by atoms with E-state index in [1.807, 2.05) is 0 Å². The van der Waals surface area contributed by atoms with Gasteiger partial charge in [0.05, 0.1) is 0 Å². The number of carbonyl (C=O) groups excluding carboxylic acids is 2. The van der Waals surface area contributed by atoms with Crippen LogP contribution in [0, 0.1) is 11.7 Å². The average Bonchev–Trinajstić information content (AvgIpc) is 2.78. The van der Waals surface area contributed by atoms with Crippen molar-refractivity contribution in [2.24, 2.45) is 5.92 Å². The number of nitrogens with one attached hydrogen (secondary N) is 2. The predicted molar refractivity (Wildman–Crippen MR) is 114 cm³/mol. The van der Waals surface area contributed by atoms with Gasteiger partial charge in [0.25, 0.3) is 11.5 Å². The SMILES string of the molecule is O=C(NCC1CCCN(C(=O)c2cnc3ccccn3c2=O)C1)Nc1cccc(F)c1. The first-order valence-corrected chi connectivity index (χ1v) is 10.1. The molecule has 2 aromatic heterocycles. The molecule has 3 aromatic rings. The van der Waals surface area contributed by atoms with Crippen LogP contribution in [0.5, 0.6) is 0 Å². The van der Waals surface area contributed by atoms with E-state index in [1.54, 1.807) is 35.4 Å². The molecule has 1 unspecified atom stereocenters. The fraction of sp³-hybridized carbons (Fsp3) is 0.273. The van der Waals surface area contributed by atoms with E-state index in [-0.39, 0.29) is 17.4 Å². The van der Waals surface area contributed by atoms with Gasteiger partial charge in [-0.05, 0) is 49.1 Å². The topological polar surface area (TPSA) is 95.8 Å². The predicted octanol–water partition coefficient (Wildman–Crippen LogP) is 2.51. The number of halogens is 1. The molecule has 9 heteroatoms. The van der Waals surface area contributed by atoms with Gasteiger partial charge in [0, 0.05) is 37.7 Å². The summed E-state index contributed by atoms with van der Waals surface area (Å²) in [5.41, 5.74) is 0.475. The third-order valence-electron chi connectivity index (χ3n) is 5.28. The van der Waals surface area contributed by atoms with E-state index in [0.717, 1.165) is 12.8 Å². The second-order valence-corrected chi connectivity index (χ2v) is 7.51. The van der Waals surface area contributed by atoms with Gasteiger partial charge in [-0.3, -0.25) is 14.0 Å². The minimum Gasteiger partial charge on any atom is -0.338 e. The number of anilines is 1. The Morgan fingerprint density at radius 1 is 1.19 bits per heavy atom. The Labute approximate surface area is 177 Å². The summed E-state index contributed by atoms with van der Waals surface area (Å²) in [6.07, 6.45) is 4.53. The fourth-order valence-electron chi connectivity index (χ4n) is 3.74. The molecular formula is C22H22FN5O3. The molecule has 31 heavy (non-hydrogen) atoms. The van der Waals surface area contributed by atoms with Crippen molar-refractivity contribution < 1.29 is 14.0 Å². The number of likely N-dealkylation sites (tertiary alicyclic amines) is 1. The van der Waals surface area contributed by atoms with Crippen molar-refractivity contribution in [3.63, 3.8) is 0 Å². The molecule has 1 aliphatic rings. The van der Waals surface area contributed by atoms with E-state index in [0.29, 0.717) is 31.0 Å². The Kier molecular flexibility index (Phi) is 5.92. The third-order valence-corrected chi connectivity index (χ3v) is 5.28. The van der Waals surface area contributed by atoms with Gasteiger partial charge in [0.1, 0.15) is 17.0 Å². The van der Waals surface area contributed by atoms with Crippen LogP contribution in [0.1, 0.15) is 23.2 Å². The van der Waals surface area contributed by atoms with Gasteiger partial charge in [0.2, 0.25) is 0 Å². The van der Waals surface area contributed by atoms with Crippen molar-refractivity contribution in [3.05, 3.63) is 76.6 Å². The van der Waals surface area contributed by atoms with Crippen molar-refractivity contribution in [2.45, 2.75) is 12.8 Å². The van der Waals surface area contributed by atoms with Crippen LogP contribution in [-0.2, 0) is 0 Å². The monoisotopic (exact) mass is 423 g/mol. The van der Waals surface area contributed by atoms with Gasteiger partial charge in [0.15, 0.2) is 0 Å². The Morgan fingerprint density at radius 3 is 2.90 bits per heavy atom. The molecule has 3 heterocycles. The first kappa shape index (κ1) is 20.5. The summed E-state index contributed by atoms with van der Waals surface area (Å²) in [7, 11) is 0. The minimum absolute atomic E-state index is 0.0288. The molecule has 0 aliphatic carbocycles. The van der Waals surface area contributed by atoms with E-state index in [2.05, 4.69) is 15.6 Å². The van der Waals surface area contributed by atoms with E-state index >= 15 is 0 Å². The Morgan fingerprint density at radius 2 is 2.06 bits per heavy atom. The van der Waals surface area contributed by atoms with Crippen molar-refractivity contribution in [2.75, 3.05) is 25.0 Å². The molecule has 1 atom stereocenters. The molecule has 3 amide bonds. The van der Waals surface area contributed by atoms with Crippen LogP contribution in [0.25, 0.3) is 5.65 Å². The molecule has 1 aromatic carbocycles. The largest absolute Gasteiger partial charge is 0.338 e. The summed E-state index contributed by atoms with van der Waals surface area (Å²) in [5.74, 6) is -0.741. The highest BCUT2D eigenvalue weighted by Gasteiger charge is 2.27. The number of amides is 3. The maximum absolute atomic E-state index is 13.2. The van der Waals surface area contributed by atoms with Crippen LogP contribution in [0.4, 0.5) is 14.9 Å². The maximum atomic E-state index is 13.2. The molecule has 0 bridgehead atoms. The van der Waals surface area contributed by atoms with E-state index in [1.165, 1.54) is 28.8 Å². The van der Waals surface area contributed by atoms with E-state index in [4.69, 9.17) is 0 Å². The Hall–Kier alpha value is -3.75. The highest BCUT2D eigenvalue weighted by Crippen LogP contribution is 2.17. The second-order valence-electron chi connectivity index (χ2n) is 7.51. The van der Waals surface area contributed by atoms with Gasteiger partial charge in [-0.2, -0.15) is 0 Å². The number of piperidine rings is 1. The number of hydrogen-bond donors (Lipinski definition) is 2. The number of urea groups is 1. The molecule has 4 rings (SSSR count). The number of fused-ring (bicyclic) bond motifs is 1. The summed E-state index contributed by atoms with van der Waals surface area (Å²) in [4.78, 5) is 43.6. The van der Waals surface area contributed by atoms with E-state index < -0.39 is 17.4 Å². The van der Waals surface area contributed by atoms with Crippen LogP contribution >= 0.6 is 0 Å². The van der Waals surface area contributed by atoms with Gasteiger partial charge < -0.3 is 15.5 Å². The molecule has 1 fully saturated rings. The molecular weight excluding hydrogens is 401 g/mol. The van der Waals surface area contributed by atoms with Crippen molar-refractivity contribution >= 4 is 23.3 Å². The Balaban J connectivity index is 1.37. The third kappa shape index (κ3) is 4.71. The summed E-state index contributed by atoms with van der Waals surface area (Å²) in [6.45, 7) is 1.33. The molecule has 2 N–H and O–H groups in total. The number of carbonyl (C=O) groups is 2. The lowest BCUT2D eigenvalue weighted by Gasteiger charge is -2.32. The molecule has 160 valence electrons. The van der Waals surface area contributed by atoms with Gasteiger partial charge in [-0.25, -0.2) is 14.2 Å². The zero-order chi connectivity index (χ0) is 21.8. The number of hydrogen-bond acceptors (Lipinski definition) is 4. The van der Waals surface area contributed by atoms with Crippen molar-refractivity contribution in [3.8, 4) is 0 Å². The summed E-state index contributed by atoms with van der Waals surface area (Å²) >= 11 is 0. The smallest absolute Gasteiger partial charge is 0.319 e. The molecule has 1 aliphatic heterocycles. The lowest BCUT2D eigenvalue weighted by molar-refractivity contribution is 0.0672. The second kappa shape index (κ2) is 8.95. The average molecular weight is 423 g/mol. The lowest BCUT2D eigenvalue weighted by atomic mass is 9.97. The number of aromatic nitrogens is 2. The zero-order valence-corrected chi connectivity index (χ0v) is 16.8. The van der Waals surface area contributed by atoms with Gasteiger partial charge in [-0.15, -0.1) is 0 Å². The number of benzene rings is 1.